The van der Waals surface area contributed by atoms with Gasteiger partial charge in [0.2, 0.25) is 11.7 Å². The van der Waals surface area contributed by atoms with E-state index in [9.17, 15) is 4.79 Å². The van der Waals surface area contributed by atoms with Gasteiger partial charge >= 0.3 is 0 Å². The van der Waals surface area contributed by atoms with Crippen molar-refractivity contribution in [1.29, 1.82) is 0 Å². The lowest BCUT2D eigenvalue weighted by molar-refractivity contribution is -0.126. The van der Waals surface area contributed by atoms with Crippen LogP contribution in [-0.2, 0) is 11.4 Å². The van der Waals surface area contributed by atoms with Gasteiger partial charge in [-0.2, -0.15) is 0 Å². The first-order chi connectivity index (χ1) is 17.5. The van der Waals surface area contributed by atoms with Crippen molar-refractivity contribution in [2.75, 3.05) is 45.3 Å². The molecule has 1 aliphatic rings. The number of hydrogen-bond donors (Lipinski definition) is 0. The highest BCUT2D eigenvalue weighted by molar-refractivity contribution is 5.92. The molecule has 0 atom stereocenters. The van der Waals surface area contributed by atoms with Gasteiger partial charge in [0.15, 0.2) is 11.5 Å². The highest BCUT2D eigenvalue weighted by Gasteiger charge is 2.20. The Morgan fingerprint density at radius 1 is 0.861 bits per heavy atom. The van der Waals surface area contributed by atoms with E-state index in [1.54, 1.807) is 26.4 Å². The zero-order chi connectivity index (χ0) is 25.5. The van der Waals surface area contributed by atoms with Crippen LogP contribution >= 0.6 is 0 Å². The van der Waals surface area contributed by atoms with Gasteiger partial charge in [-0.05, 0) is 66.4 Å². The summed E-state index contributed by atoms with van der Waals surface area (Å²) >= 11 is 0. The first-order valence-electron chi connectivity index (χ1n) is 12.2. The number of carbonyl (C=O) groups excluding carboxylic acids is 1. The van der Waals surface area contributed by atoms with Crippen LogP contribution in [0.25, 0.3) is 6.08 Å². The summed E-state index contributed by atoms with van der Waals surface area (Å²) in [5, 5.41) is 0. The Morgan fingerprint density at radius 3 is 2.14 bits per heavy atom. The van der Waals surface area contributed by atoms with E-state index >= 15 is 0 Å². The number of hydrogen-bond acceptors (Lipinski definition) is 5. The van der Waals surface area contributed by atoms with Gasteiger partial charge in [-0.25, -0.2) is 0 Å². The van der Waals surface area contributed by atoms with Gasteiger partial charge < -0.3 is 24.0 Å². The van der Waals surface area contributed by atoms with Gasteiger partial charge in [0, 0.05) is 37.9 Å². The molecule has 0 aliphatic carbocycles. The largest absolute Gasteiger partial charge is 0.493 e. The molecule has 0 unspecified atom stereocenters. The van der Waals surface area contributed by atoms with Crippen LogP contribution in [0.3, 0.4) is 0 Å². The Bertz CT molecular complexity index is 1190. The SMILES string of the molecule is COc1cc(/C=C/C(=O)N2CCN(c3ccc(C)c(C)c3)CC2)cc(OC)c1OCc1ccccc1. The summed E-state index contributed by atoms with van der Waals surface area (Å²) < 4.78 is 17.2. The smallest absolute Gasteiger partial charge is 0.246 e. The molecule has 0 spiro atoms. The molecule has 0 aromatic heterocycles. The summed E-state index contributed by atoms with van der Waals surface area (Å²) in [5.74, 6) is 1.64. The van der Waals surface area contributed by atoms with Crippen LogP contribution < -0.4 is 19.1 Å². The van der Waals surface area contributed by atoms with Gasteiger partial charge in [0.05, 0.1) is 14.2 Å². The van der Waals surface area contributed by atoms with Crippen molar-refractivity contribution >= 4 is 17.7 Å². The molecule has 1 amide bonds. The van der Waals surface area contributed by atoms with Gasteiger partial charge in [0.1, 0.15) is 6.61 Å². The first-order valence-corrected chi connectivity index (χ1v) is 12.2. The summed E-state index contributed by atoms with van der Waals surface area (Å²) in [4.78, 5) is 17.1. The number of methoxy groups -OCH3 is 2. The predicted molar refractivity (Wildman–Crippen MR) is 144 cm³/mol. The van der Waals surface area contributed by atoms with Crippen LogP contribution in [0.15, 0.2) is 66.7 Å². The minimum absolute atomic E-state index is 0.00271. The van der Waals surface area contributed by atoms with Crippen LogP contribution in [0.1, 0.15) is 22.3 Å². The highest BCUT2D eigenvalue weighted by atomic mass is 16.5. The maximum atomic E-state index is 12.9. The fraction of sp³-hybridized carbons (Fsp3) is 0.300. The second kappa shape index (κ2) is 11.7. The van der Waals surface area contributed by atoms with Gasteiger partial charge in [-0.1, -0.05) is 36.4 Å². The number of carbonyl (C=O) groups is 1. The van der Waals surface area contributed by atoms with Crippen LogP contribution in [0.4, 0.5) is 5.69 Å². The molecule has 3 aromatic carbocycles. The minimum atomic E-state index is -0.00271. The topological polar surface area (TPSA) is 51.2 Å². The Morgan fingerprint density at radius 2 is 1.53 bits per heavy atom. The first kappa shape index (κ1) is 25.2. The third-order valence-corrected chi connectivity index (χ3v) is 6.57. The number of benzene rings is 3. The quantitative estimate of drug-likeness (QED) is 0.407. The second-order valence-electron chi connectivity index (χ2n) is 8.94. The van der Waals surface area contributed by atoms with E-state index in [0.717, 1.165) is 24.2 Å². The molecular weight excluding hydrogens is 452 g/mol. The fourth-order valence-corrected chi connectivity index (χ4v) is 4.25. The number of piperazine rings is 1. The molecule has 1 heterocycles. The fourth-order valence-electron chi connectivity index (χ4n) is 4.25. The minimum Gasteiger partial charge on any atom is -0.493 e. The Labute approximate surface area is 213 Å². The van der Waals surface area contributed by atoms with Crippen molar-refractivity contribution in [3.05, 3.63) is 89.0 Å². The van der Waals surface area contributed by atoms with E-state index in [1.807, 2.05) is 47.4 Å². The lowest BCUT2D eigenvalue weighted by Crippen LogP contribution is -2.48. The number of rotatable bonds is 8. The molecule has 0 bridgehead atoms. The van der Waals surface area contributed by atoms with Crippen molar-refractivity contribution in [2.45, 2.75) is 20.5 Å². The standard InChI is InChI=1S/C30H34N2O4/c1-22-10-12-26(18-23(22)2)31-14-16-32(17-15-31)29(33)13-11-25-19-27(34-3)30(28(20-25)35-4)36-21-24-8-6-5-7-9-24/h5-13,18-20H,14-17,21H2,1-4H3/b13-11+. The molecule has 0 N–H and O–H groups in total. The zero-order valence-corrected chi connectivity index (χ0v) is 21.5. The average molecular weight is 487 g/mol. The number of nitrogens with zero attached hydrogens (tertiary/aromatic N) is 2. The summed E-state index contributed by atoms with van der Waals surface area (Å²) in [6, 6.07) is 20.2. The second-order valence-corrected chi connectivity index (χ2v) is 8.94. The normalized spacial score (nSPS) is 13.7. The van der Waals surface area contributed by atoms with Crippen LogP contribution in [0.5, 0.6) is 17.2 Å². The molecule has 36 heavy (non-hydrogen) atoms. The molecule has 0 radical (unpaired) electrons. The Kier molecular flexibility index (Phi) is 8.16. The number of ether oxygens (including phenoxy) is 3. The van der Waals surface area contributed by atoms with Gasteiger partial charge in [0.25, 0.3) is 0 Å². The van der Waals surface area contributed by atoms with Crippen molar-refractivity contribution in [3.8, 4) is 17.2 Å². The van der Waals surface area contributed by atoms with Crippen LogP contribution in [0, 0.1) is 13.8 Å². The van der Waals surface area contributed by atoms with E-state index in [-0.39, 0.29) is 5.91 Å². The lowest BCUT2D eigenvalue weighted by atomic mass is 10.1. The summed E-state index contributed by atoms with van der Waals surface area (Å²) in [6.45, 7) is 7.67. The van der Waals surface area contributed by atoms with Crippen LogP contribution in [-0.4, -0.2) is 51.2 Å². The average Bonchev–Trinajstić information content (AvgIpc) is 2.92. The van der Waals surface area contributed by atoms with Gasteiger partial charge in [-0.15, -0.1) is 0 Å². The zero-order valence-electron chi connectivity index (χ0n) is 21.5. The number of amides is 1. The van der Waals surface area contributed by atoms with E-state index in [1.165, 1.54) is 16.8 Å². The molecule has 188 valence electrons. The van der Waals surface area contributed by atoms with Crippen LogP contribution in [0.2, 0.25) is 0 Å². The molecule has 6 nitrogen and oxygen atoms in total. The highest BCUT2D eigenvalue weighted by Crippen LogP contribution is 2.39. The molecular formula is C30H34N2O4. The molecule has 0 saturated carbocycles. The monoisotopic (exact) mass is 486 g/mol. The third kappa shape index (κ3) is 6.00. The van der Waals surface area contributed by atoms with Gasteiger partial charge in [-0.3, -0.25) is 4.79 Å². The van der Waals surface area contributed by atoms with E-state index in [2.05, 4.69) is 36.9 Å². The van der Waals surface area contributed by atoms with E-state index < -0.39 is 0 Å². The third-order valence-electron chi connectivity index (χ3n) is 6.57. The van der Waals surface area contributed by atoms with E-state index in [0.29, 0.717) is 36.9 Å². The molecule has 1 saturated heterocycles. The van der Waals surface area contributed by atoms with E-state index in [4.69, 9.17) is 14.2 Å². The van der Waals surface area contributed by atoms with Crippen molar-refractivity contribution in [2.24, 2.45) is 0 Å². The summed E-state index contributed by atoms with van der Waals surface area (Å²) in [7, 11) is 3.19. The van der Waals surface area contributed by atoms with Crippen molar-refractivity contribution in [3.63, 3.8) is 0 Å². The molecule has 4 rings (SSSR count). The molecule has 1 aliphatic heterocycles. The maximum Gasteiger partial charge on any atom is 0.246 e. The number of aryl methyl sites for hydroxylation is 2. The molecule has 1 fully saturated rings. The summed E-state index contributed by atoms with van der Waals surface area (Å²) in [6.07, 6.45) is 3.41. The predicted octanol–water partition coefficient (Wildman–Crippen LogP) is 5.26. The Balaban J connectivity index is 1.40. The molecule has 3 aromatic rings. The van der Waals surface area contributed by atoms with Crippen molar-refractivity contribution < 1.29 is 19.0 Å². The maximum absolute atomic E-state index is 12.9. The lowest BCUT2D eigenvalue weighted by Gasteiger charge is -2.36. The summed E-state index contributed by atoms with van der Waals surface area (Å²) in [5.41, 5.74) is 5.65. The molecule has 6 heteroatoms. The number of anilines is 1. The Hall–Kier alpha value is -3.93. The van der Waals surface area contributed by atoms with Crippen molar-refractivity contribution in [1.82, 2.24) is 4.90 Å².